The third-order valence-corrected chi connectivity index (χ3v) is 8.71. The van der Waals surface area contributed by atoms with E-state index in [1.165, 1.54) is 38.2 Å². The summed E-state index contributed by atoms with van der Waals surface area (Å²) in [5.74, 6) is 0.408. The van der Waals surface area contributed by atoms with Crippen molar-refractivity contribution in [2.24, 2.45) is 17.8 Å². The Morgan fingerprint density at radius 2 is 1.61 bits per heavy atom. The van der Waals surface area contributed by atoms with Crippen LogP contribution in [-0.2, 0) is 4.79 Å². The Labute approximate surface area is 240 Å². The van der Waals surface area contributed by atoms with Crippen LogP contribution in [-0.4, -0.2) is 34.5 Å². The number of aliphatic carboxylic acids is 1. The molecule has 0 saturated heterocycles. The van der Waals surface area contributed by atoms with E-state index >= 15 is 0 Å². The van der Waals surface area contributed by atoms with Gasteiger partial charge in [-0.1, -0.05) is 50.3 Å². The number of aryl methyl sites for hydroxylation is 1. The predicted molar refractivity (Wildman–Crippen MR) is 156 cm³/mol. The van der Waals surface area contributed by atoms with E-state index in [0.29, 0.717) is 16.8 Å². The van der Waals surface area contributed by atoms with E-state index in [-0.39, 0.29) is 36.5 Å². The number of carboxylic acid groups (broad SMARTS) is 1. The zero-order chi connectivity index (χ0) is 29.4. The highest BCUT2D eigenvalue weighted by Crippen LogP contribution is 2.43. The number of hydrogen-bond acceptors (Lipinski definition) is 5. The Morgan fingerprint density at radius 1 is 0.951 bits per heavy atom. The van der Waals surface area contributed by atoms with Crippen LogP contribution in [0.5, 0.6) is 0 Å². The Morgan fingerprint density at radius 3 is 2.24 bits per heavy atom. The van der Waals surface area contributed by atoms with Crippen molar-refractivity contribution in [1.29, 1.82) is 0 Å². The van der Waals surface area contributed by atoms with Gasteiger partial charge in [-0.3, -0.25) is 19.7 Å². The van der Waals surface area contributed by atoms with Crippen LogP contribution in [0.25, 0.3) is 0 Å². The van der Waals surface area contributed by atoms with Gasteiger partial charge < -0.3 is 21.1 Å². The Kier molecular flexibility index (Phi) is 10.3. The van der Waals surface area contributed by atoms with Gasteiger partial charge in [-0.25, -0.2) is 4.79 Å². The van der Waals surface area contributed by atoms with Crippen LogP contribution in [0, 0.1) is 34.8 Å². The second kappa shape index (κ2) is 14.1. The Bertz CT molecular complexity index is 1230. The molecule has 2 saturated carbocycles. The molecule has 41 heavy (non-hydrogen) atoms. The molecule has 2 aromatic rings. The van der Waals surface area contributed by atoms with Crippen molar-refractivity contribution >= 4 is 29.3 Å². The fourth-order valence-corrected chi connectivity index (χ4v) is 6.45. The molecule has 2 aromatic carbocycles. The third kappa shape index (κ3) is 8.28. The summed E-state index contributed by atoms with van der Waals surface area (Å²) < 4.78 is 0. The molecule has 0 radical (unpaired) electrons. The topological polar surface area (TPSA) is 151 Å². The van der Waals surface area contributed by atoms with E-state index in [1.807, 2.05) is 12.1 Å². The minimum absolute atomic E-state index is 0.0433. The second-order valence-electron chi connectivity index (χ2n) is 11.4. The largest absolute Gasteiger partial charge is 0.481 e. The van der Waals surface area contributed by atoms with Crippen molar-refractivity contribution in [1.82, 2.24) is 10.6 Å². The van der Waals surface area contributed by atoms with Gasteiger partial charge >= 0.3 is 12.0 Å². The first-order valence-corrected chi connectivity index (χ1v) is 14.6. The van der Waals surface area contributed by atoms with E-state index in [1.54, 1.807) is 31.2 Å². The summed E-state index contributed by atoms with van der Waals surface area (Å²) >= 11 is 0. The van der Waals surface area contributed by atoms with E-state index in [4.69, 9.17) is 5.11 Å². The number of benzene rings is 2. The lowest BCUT2D eigenvalue weighted by atomic mass is 9.69. The van der Waals surface area contributed by atoms with Crippen molar-refractivity contribution in [3.63, 3.8) is 0 Å². The van der Waals surface area contributed by atoms with Crippen molar-refractivity contribution in [2.75, 3.05) is 11.9 Å². The molecule has 4 rings (SSSR count). The highest BCUT2D eigenvalue weighted by molar-refractivity contribution is 5.94. The van der Waals surface area contributed by atoms with Gasteiger partial charge in [-0.2, -0.15) is 0 Å². The minimum Gasteiger partial charge on any atom is -0.481 e. The van der Waals surface area contributed by atoms with Crippen LogP contribution in [0.15, 0.2) is 42.5 Å². The van der Waals surface area contributed by atoms with Gasteiger partial charge in [0.25, 0.3) is 11.6 Å². The van der Waals surface area contributed by atoms with E-state index in [9.17, 15) is 24.5 Å². The van der Waals surface area contributed by atoms with Gasteiger partial charge in [0.2, 0.25) is 0 Å². The molecule has 0 aliphatic heterocycles. The number of nitro groups is 1. The zero-order valence-corrected chi connectivity index (χ0v) is 23.6. The summed E-state index contributed by atoms with van der Waals surface area (Å²) in [6, 6.07) is 10.9. The third-order valence-electron chi connectivity index (χ3n) is 8.71. The quantitative estimate of drug-likeness (QED) is 0.195. The number of carboxylic acids is 1. The van der Waals surface area contributed by atoms with Crippen LogP contribution >= 0.6 is 0 Å². The summed E-state index contributed by atoms with van der Waals surface area (Å²) in [5, 5.41) is 28.6. The molecule has 2 aliphatic carbocycles. The number of nitrogens with zero attached hydrogens (tertiary/aromatic N) is 1. The second-order valence-corrected chi connectivity index (χ2v) is 11.4. The summed E-state index contributed by atoms with van der Waals surface area (Å²) in [6.07, 6.45) is 10.7. The molecule has 2 fully saturated rings. The molecule has 0 spiro atoms. The van der Waals surface area contributed by atoms with Crippen LogP contribution in [0.1, 0.15) is 91.7 Å². The number of nitrogens with one attached hydrogen (secondary N) is 3. The number of rotatable bonds is 10. The lowest BCUT2D eigenvalue weighted by Crippen LogP contribution is -2.38. The maximum Gasteiger partial charge on any atom is 0.319 e. The van der Waals surface area contributed by atoms with Gasteiger partial charge in [-0.15, -0.1) is 0 Å². The molecule has 10 nitrogen and oxygen atoms in total. The first kappa shape index (κ1) is 30.0. The first-order valence-electron chi connectivity index (χ1n) is 14.6. The molecule has 220 valence electrons. The van der Waals surface area contributed by atoms with Gasteiger partial charge in [0.15, 0.2) is 0 Å². The smallest absolute Gasteiger partial charge is 0.319 e. The van der Waals surface area contributed by atoms with Crippen LogP contribution in [0.2, 0.25) is 0 Å². The number of carbonyl (C=O) groups excluding carboxylic acids is 2. The first-order chi connectivity index (χ1) is 19.7. The highest BCUT2D eigenvalue weighted by Gasteiger charge is 2.33. The van der Waals surface area contributed by atoms with Gasteiger partial charge in [0.05, 0.1) is 17.4 Å². The van der Waals surface area contributed by atoms with Crippen molar-refractivity contribution in [2.45, 2.75) is 77.2 Å². The number of urea groups is 1. The number of amides is 3. The normalized spacial score (nSPS) is 20.0. The summed E-state index contributed by atoms with van der Waals surface area (Å²) in [6.45, 7) is 1.69. The van der Waals surface area contributed by atoms with Crippen molar-refractivity contribution in [3.8, 4) is 0 Å². The lowest BCUT2D eigenvalue weighted by molar-refractivity contribution is -0.385. The fraction of sp³-hybridized carbons (Fsp3) is 0.516. The number of anilines is 1. The standard InChI is InChI=1S/C31H40N4O6/c1-20-7-16-26(19-27(20)35(40)41)33-31(39)34-29(23-10-8-22(9-11-23)21-5-3-2-4-6-21)24-12-14-25(15-13-24)30(38)32-18-17-28(36)37/h7,12-16,19,21-23,29H,2-6,8-11,17-18H2,1H3,(H,32,38)(H,36,37)(H2,33,34,39). The molecule has 1 unspecified atom stereocenters. The molecule has 0 heterocycles. The Hall–Kier alpha value is -3.95. The SMILES string of the molecule is Cc1ccc(NC(=O)NC(c2ccc(C(=O)NCCC(=O)O)cc2)C2CCC(C3CCCCC3)CC2)cc1[N+](=O)[O-]. The van der Waals surface area contributed by atoms with Gasteiger partial charge in [0, 0.05) is 29.4 Å². The van der Waals surface area contributed by atoms with Gasteiger partial charge in [-0.05, 0) is 74.1 Å². The molecule has 0 bridgehead atoms. The number of hydrogen-bond donors (Lipinski definition) is 4. The fourth-order valence-electron chi connectivity index (χ4n) is 6.45. The maximum atomic E-state index is 13.2. The monoisotopic (exact) mass is 564 g/mol. The minimum atomic E-state index is -0.980. The lowest BCUT2D eigenvalue weighted by Gasteiger charge is -2.38. The molecule has 2 aliphatic rings. The van der Waals surface area contributed by atoms with Crippen LogP contribution < -0.4 is 16.0 Å². The summed E-state index contributed by atoms with van der Waals surface area (Å²) in [7, 11) is 0. The molecular formula is C31H40N4O6. The zero-order valence-electron chi connectivity index (χ0n) is 23.6. The average molecular weight is 565 g/mol. The van der Waals surface area contributed by atoms with Crippen molar-refractivity contribution < 1.29 is 24.4 Å². The molecule has 3 amide bonds. The maximum absolute atomic E-state index is 13.2. The van der Waals surface area contributed by atoms with Crippen LogP contribution in [0.3, 0.4) is 0 Å². The molecule has 4 N–H and O–H groups in total. The summed E-state index contributed by atoms with van der Waals surface area (Å²) in [5.41, 5.74) is 2.08. The van der Waals surface area contributed by atoms with E-state index in [2.05, 4.69) is 16.0 Å². The van der Waals surface area contributed by atoms with E-state index in [0.717, 1.165) is 43.1 Å². The molecule has 0 aromatic heterocycles. The highest BCUT2D eigenvalue weighted by atomic mass is 16.6. The molecule has 10 heteroatoms. The van der Waals surface area contributed by atoms with Crippen molar-refractivity contribution in [3.05, 3.63) is 69.3 Å². The van der Waals surface area contributed by atoms with E-state index < -0.39 is 16.9 Å². The molecule has 1 atom stereocenters. The number of carbonyl (C=O) groups is 3. The molecular weight excluding hydrogens is 524 g/mol. The van der Waals surface area contributed by atoms with Gasteiger partial charge in [0.1, 0.15) is 0 Å². The average Bonchev–Trinajstić information content (AvgIpc) is 2.97. The number of nitro benzene ring substituents is 1. The van der Waals surface area contributed by atoms with Crippen LogP contribution in [0.4, 0.5) is 16.2 Å². The summed E-state index contributed by atoms with van der Waals surface area (Å²) in [4.78, 5) is 47.2. The predicted octanol–water partition coefficient (Wildman–Crippen LogP) is 6.36. The Balaban J connectivity index is 1.47.